The normalized spacial score (nSPS) is 27.8. The third-order valence-electron chi connectivity index (χ3n) is 4.92. The lowest BCUT2D eigenvalue weighted by molar-refractivity contribution is 0.0154. The van der Waals surface area contributed by atoms with Gasteiger partial charge in [-0.2, -0.15) is 0 Å². The Morgan fingerprint density at radius 2 is 2.00 bits per heavy atom. The van der Waals surface area contributed by atoms with E-state index in [0.717, 1.165) is 45.3 Å². The van der Waals surface area contributed by atoms with Gasteiger partial charge in [-0.15, -0.1) is 0 Å². The number of hydrogen-bond acceptors (Lipinski definition) is 3. The number of guanidine groups is 1. The Balaban J connectivity index is 1.53. The Morgan fingerprint density at radius 1 is 1.25 bits per heavy atom. The van der Waals surface area contributed by atoms with E-state index in [4.69, 9.17) is 0 Å². The van der Waals surface area contributed by atoms with E-state index in [-0.39, 0.29) is 6.04 Å². The maximum atomic E-state index is 13.4. The van der Waals surface area contributed by atoms with Gasteiger partial charge in [-0.25, -0.2) is 8.78 Å². The van der Waals surface area contributed by atoms with Crippen LogP contribution in [0.2, 0.25) is 0 Å². The number of piperazine rings is 3. The first-order valence-corrected chi connectivity index (χ1v) is 8.45. The fourth-order valence-corrected chi connectivity index (χ4v) is 3.40. The Kier molecular flexibility index (Phi) is 5.30. The molecule has 4 rings (SSSR count). The second-order valence-corrected chi connectivity index (χ2v) is 6.48. The van der Waals surface area contributed by atoms with Crippen LogP contribution in [0.3, 0.4) is 0 Å². The summed E-state index contributed by atoms with van der Waals surface area (Å²) < 4.78 is 26.4. The van der Waals surface area contributed by atoms with Crippen LogP contribution < -0.4 is 10.6 Å². The summed E-state index contributed by atoms with van der Waals surface area (Å²) >= 11 is 0. The summed E-state index contributed by atoms with van der Waals surface area (Å²) in [5.74, 6) is -0.987. The summed E-state index contributed by atoms with van der Waals surface area (Å²) in [5.41, 5.74) is 0.684. The Morgan fingerprint density at radius 3 is 2.58 bits per heavy atom. The second-order valence-electron chi connectivity index (χ2n) is 6.48. The molecule has 0 spiro atoms. The van der Waals surface area contributed by atoms with E-state index in [1.807, 2.05) is 6.92 Å². The number of halogens is 2. The number of hydrogen-bond donors (Lipinski definition) is 2. The zero-order valence-electron chi connectivity index (χ0n) is 14.2. The molecule has 1 aromatic rings. The van der Waals surface area contributed by atoms with E-state index in [1.165, 1.54) is 6.07 Å². The number of aliphatic imine (C=N–C) groups is 1. The van der Waals surface area contributed by atoms with Gasteiger partial charge in [0.2, 0.25) is 0 Å². The van der Waals surface area contributed by atoms with Crippen molar-refractivity contribution < 1.29 is 8.78 Å². The van der Waals surface area contributed by atoms with Crippen molar-refractivity contribution in [3.05, 3.63) is 35.4 Å². The van der Waals surface area contributed by atoms with Gasteiger partial charge in [0.25, 0.3) is 0 Å². The predicted molar refractivity (Wildman–Crippen MR) is 91.1 cm³/mol. The summed E-state index contributed by atoms with van der Waals surface area (Å²) in [6.45, 7) is 8.39. The summed E-state index contributed by atoms with van der Waals surface area (Å²) in [4.78, 5) is 9.24. The number of rotatable bonds is 4. The fourth-order valence-electron chi connectivity index (χ4n) is 3.40. The molecule has 0 aliphatic carbocycles. The van der Waals surface area contributed by atoms with E-state index in [1.54, 1.807) is 13.1 Å². The number of nitrogens with one attached hydrogen (secondary N) is 2. The maximum absolute atomic E-state index is 13.4. The molecule has 0 amide bonds. The molecule has 5 nitrogen and oxygen atoms in total. The summed E-state index contributed by atoms with van der Waals surface area (Å²) in [6.07, 6.45) is 0. The van der Waals surface area contributed by atoms with E-state index in [2.05, 4.69) is 25.4 Å². The van der Waals surface area contributed by atoms with Crippen molar-refractivity contribution >= 4 is 5.96 Å². The van der Waals surface area contributed by atoms with Gasteiger partial charge in [-0.1, -0.05) is 6.07 Å². The largest absolute Gasteiger partial charge is 0.355 e. The molecule has 2 bridgehead atoms. The molecule has 2 unspecified atom stereocenters. The van der Waals surface area contributed by atoms with Gasteiger partial charge in [0.1, 0.15) is 0 Å². The molecule has 2 atom stereocenters. The van der Waals surface area contributed by atoms with E-state index >= 15 is 0 Å². The molecule has 0 saturated carbocycles. The van der Waals surface area contributed by atoms with Crippen LogP contribution >= 0.6 is 0 Å². The van der Waals surface area contributed by atoms with Crippen LogP contribution in [0.1, 0.15) is 18.5 Å². The molecule has 3 fully saturated rings. The number of benzene rings is 1. The van der Waals surface area contributed by atoms with Crippen molar-refractivity contribution in [3.8, 4) is 0 Å². The average Bonchev–Trinajstić information content (AvgIpc) is 2.61. The van der Waals surface area contributed by atoms with Gasteiger partial charge in [-0.3, -0.25) is 14.8 Å². The van der Waals surface area contributed by atoms with Gasteiger partial charge >= 0.3 is 0 Å². The molecule has 1 aromatic carbocycles. The minimum absolute atomic E-state index is 0.168. The average molecular weight is 337 g/mol. The first-order chi connectivity index (χ1) is 11.6. The van der Waals surface area contributed by atoms with Crippen molar-refractivity contribution in [2.75, 3.05) is 46.3 Å². The van der Waals surface area contributed by atoms with Gasteiger partial charge in [0.05, 0.1) is 6.04 Å². The zero-order valence-corrected chi connectivity index (χ0v) is 14.2. The number of nitrogens with zero attached hydrogens (tertiary/aromatic N) is 3. The Bertz CT molecular complexity index is 599. The van der Waals surface area contributed by atoms with Gasteiger partial charge in [-0.05, 0) is 24.6 Å². The van der Waals surface area contributed by atoms with Crippen LogP contribution in [0, 0.1) is 11.6 Å². The minimum Gasteiger partial charge on any atom is -0.355 e. The van der Waals surface area contributed by atoms with Crippen LogP contribution in [0.5, 0.6) is 0 Å². The molecular formula is C17H25F2N5. The fraction of sp³-hybridized carbons (Fsp3) is 0.588. The summed E-state index contributed by atoms with van der Waals surface area (Å²) in [6, 6.07) is 4.28. The first-order valence-electron chi connectivity index (χ1n) is 8.45. The molecule has 24 heavy (non-hydrogen) atoms. The lowest BCUT2D eigenvalue weighted by Crippen LogP contribution is -2.63. The van der Waals surface area contributed by atoms with Crippen LogP contribution in [0.4, 0.5) is 8.78 Å². The summed E-state index contributed by atoms with van der Waals surface area (Å²) in [7, 11) is 1.71. The third-order valence-corrected chi connectivity index (χ3v) is 4.92. The quantitative estimate of drug-likeness (QED) is 0.640. The molecule has 3 saturated heterocycles. The number of fused-ring (bicyclic) bond motifs is 3. The molecule has 3 heterocycles. The van der Waals surface area contributed by atoms with Crippen LogP contribution in [-0.2, 0) is 0 Å². The topological polar surface area (TPSA) is 42.9 Å². The van der Waals surface area contributed by atoms with Crippen LogP contribution in [0.15, 0.2) is 23.2 Å². The van der Waals surface area contributed by atoms with E-state index in [9.17, 15) is 8.78 Å². The van der Waals surface area contributed by atoms with Gasteiger partial charge in [0, 0.05) is 52.4 Å². The Hall–Kier alpha value is -1.73. The lowest BCUT2D eigenvalue weighted by atomic mass is 10.1. The van der Waals surface area contributed by atoms with Crippen LogP contribution in [0.25, 0.3) is 0 Å². The maximum Gasteiger partial charge on any atom is 0.191 e. The van der Waals surface area contributed by atoms with Gasteiger partial charge < -0.3 is 10.6 Å². The smallest absolute Gasteiger partial charge is 0.191 e. The van der Waals surface area contributed by atoms with Crippen molar-refractivity contribution in [2.24, 2.45) is 4.99 Å². The van der Waals surface area contributed by atoms with Gasteiger partial charge in [0.15, 0.2) is 17.6 Å². The van der Waals surface area contributed by atoms with Crippen molar-refractivity contribution in [1.82, 2.24) is 20.4 Å². The highest BCUT2D eigenvalue weighted by atomic mass is 19.2. The Labute approximate surface area is 141 Å². The predicted octanol–water partition coefficient (Wildman–Crippen LogP) is 1.19. The molecule has 2 N–H and O–H groups in total. The van der Waals surface area contributed by atoms with E-state index in [0.29, 0.717) is 17.6 Å². The van der Waals surface area contributed by atoms with Crippen LogP contribution in [-0.4, -0.2) is 68.1 Å². The zero-order chi connectivity index (χ0) is 17.1. The monoisotopic (exact) mass is 337 g/mol. The molecular weight excluding hydrogens is 312 g/mol. The highest BCUT2D eigenvalue weighted by Crippen LogP contribution is 2.16. The third kappa shape index (κ3) is 3.84. The first kappa shape index (κ1) is 17.1. The second kappa shape index (κ2) is 7.44. The minimum atomic E-state index is -0.829. The highest BCUT2D eigenvalue weighted by Gasteiger charge is 2.31. The molecule has 0 radical (unpaired) electrons. The molecule has 3 aliphatic heterocycles. The lowest BCUT2D eigenvalue weighted by Gasteiger charge is -2.47. The standard InChI is InChI=1S/C17H25F2N5/c1-12(13-3-4-15(18)16(19)9-13)22-17(20-2)21-10-14-11-23-5-7-24(14)8-6-23/h3-4,9,12,14H,5-8,10-11H2,1-2H3,(H2,20,21,22). The molecule has 0 aromatic heterocycles. The van der Waals surface area contributed by atoms with Crippen molar-refractivity contribution in [1.29, 1.82) is 0 Å². The summed E-state index contributed by atoms with van der Waals surface area (Å²) in [5, 5.41) is 6.58. The molecule has 3 aliphatic rings. The van der Waals surface area contributed by atoms with Crippen molar-refractivity contribution in [3.63, 3.8) is 0 Å². The SMILES string of the molecule is CN=C(NCC1CN2CCN1CC2)NC(C)c1ccc(F)c(F)c1. The molecule has 7 heteroatoms. The van der Waals surface area contributed by atoms with E-state index < -0.39 is 11.6 Å². The highest BCUT2D eigenvalue weighted by molar-refractivity contribution is 5.80. The van der Waals surface area contributed by atoms with Crippen molar-refractivity contribution in [2.45, 2.75) is 19.0 Å². The molecule has 132 valence electrons.